The van der Waals surface area contributed by atoms with Crippen LogP contribution in [-0.2, 0) is 9.53 Å². The van der Waals surface area contributed by atoms with Crippen LogP contribution in [0.3, 0.4) is 0 Å². The number of fused-ring (bicyclic) bond motifs is 1. The third-order valence-electron chi connectivity index (χ3n) is 4.49. The van der Waals surface area contributed by atoms with Gasteiger partial charge in [-0.2, -0.15) is 0 Å². The molecule has 0 saturated carbocycles. The van der Waals surface area contributed by atoms with Crippen molar-refractivity contribution in [2.45, 2.75) is 26.9 Å². The minimum atomic E-state index is -0.687. The first-order valence-corrected chi connectivity index (χ1v) is 8.14. The van der Waals surface area contributed by atoms with Crippen molar-refractivity contribution in [3.05, 3.63) is 64.8 Å². The Kier molecular flexibility index (Phi) is 4.76. The summed E-state index contributed by atoms with van der Waals surface area (Å²) < 4.78 is 5.36. The molecule has 0 radical (unpaired) electrons. The molecule has 1 atom stereocenters. The summed E-state index contributed by atoms with van der Waals surface area (Å²) in [7, 11) is 1.52. The van der Waals surface area contributed by atoms with Gasteiger partial charge >= 0.3 is 0 Å². The van der Waals surface area contributed by atoms with Crippen LogP contribution in [-0.4, -0.2) is 23.0 Å². The van der Waals surface area contributed by atoms with Gasteiger partial charge in [0.25, 0.3) is 5.91 Å². The number of anilines is 1. The van der Waals surface area contributed by atoms with Gasteiger partial charge in [0.05, 0.1) is 0 Å². The lowest BCUT2D eigenvalue weighted by Gasteiger charge is -2.15. The third kappa shape index (κ3) is 3.37. The Morgan fingerprint density at radius 2 is 1.72 bits per heavy atom. The van der Waals surface area contributed by atoms with Gasteiger partial charge in [0.15, 0.2) is 11.8 Å². The van der Waals surface area contributed by atoms with E-state index in [4.69, 9.17) is 4.74 Å². The quantitative estimate of drug-likeness (QED) is 0.786. The van der Waals surface area contributed by atoms with Gasteiger partial charge in [-0.3, -0.25) is 4.79 Å². The van der Waals surface area contributed by atoms with Crippen molar-refractivity contribution in [3.8, 4) is 0 Å². The molecule has 5 nitrogen and oxygen atoms in total. The van der Waals surface area contributed by atoms with Crippen molar-refractivity contribution in [3.63, 3.8) is 0 Å². The highest BCUT2D eigenvalue weighted by Gasteiger charge is 2.20. The smallest absolute Gasteiger partial charge is 0.259 e. The fourth-order valence-electron chi connectivity index (χ4n) is 2.83. The molecule has 0 bridgehead atoms. The number of hydrogen-bond donors (Lipinski definition) is 1. The first kappa shape index (κ1) is 17.0. The summed E-state index contributed by atoms with van der Waals surface area (Å²) in [5.41, 5.74) is 4.69. The lowest BCUT2D eigenvalue weighted by molar-refractivity contribution is -0.126. The second-order valence-corrected chi connectivity index (χ2v) is 6.03. The predicted octanol–water partition coefficient (Wildman–Crippen LogP) is 3.88. The minimum absolute atomic E-state index is 0.263. The van der Waals surface area contributed by atoms with Gasteiger partial charge in [0.1, 0.15) is 5.82 Å². The van der Waals surface area contributed by atoms with Crippen LogP contribution in [0.2, 0.25) is 0 Å². The number of nitrogens with zero attached hydrogens (tertiary/aromatic N) is 2. The average Bonchev–Trinajstić information content (AvgIpc) is 2.61. The Balaban J connectivity index is 1.89. The van der Waals surface area contributed by atoms with Crippen LogP contribution in [0, 0.1) is 20.8 Å². The SMILES string of the molecule is COC(C(=O)Nc1ccc2c(C)c(C)c(C)nc2n1)c1ccccc1. The van der Waals surface area contributed by atoms with Crippen LogP contribution < -0.4 is 5.32 Å². The standard InChI is InChI=1S/C20H21N3O2/c1-12-13(2)16-10-11-17(22-19(16)21-14(12)3)23-20(24)18(25-4)15-8-6-5-7-9-15/h5-11,18H,1-4H3,(H,21,22,23,24). The van der Waals surface area contributed by atoms with Gasteiger partial charge in [-0.05, 0) is 49.6 Å². The highest BCUT2D eigenvalue weighted by atomic mass is 16.5. The molecule has 0 saturated heterocycles. The van der Waals surface area contributed by atoms with Crippen molar-refractivity contribution in [2.75, 3.05) is 12.4 Å². The van der Waals surface area contributed by atoms with Gasteiger partial charge in [0.2, 0.25) is 0 Å². The number of pyridine rings is 2. The monoisotopic (exact) mass is 335 g/mol. The predicted molar refractivity (Wildman–Crippen MR) is 98.6 cm³/mol. The Morgan fingerprint density at radius 3 is 2.40 bits per heavy atom. The van der Waals surface area contributed by atoms with E-state index in [1.165, 1.54) is 7.11 Å². The Bertz CT molecular complexity index is 923. The molecule has 3 aromatic rings. The molecule has 5 heteroatoms. The molecule has 0 aliphatic heterocycles. The van der Waals surface area contributed by atoms with Crippen LogP contribution in [0.5, 0.6) is 0 Å². The number of methoxy groups -OCH3 is 1. The number of aromatic nitrogens is 2. The lowest BCUT2D eigenvalue weighted by Crippen LogP contribution is -2.23. The molecule has 0 fully saturated rings. The average molecular weight is 335 g/mol. The molecule has 0 spiro atoms. The number of nitrogens with one attached hydrogen (secondary N) is 1. The number of rotatable bonds is 4. The van der Waals surface area contributed by atoms with Gasteiger partial charge in [-0.15, -0.1) is 0 Å². The minimum Gasteiger partial charge on any atom is -0.367 e. The molecule has 128 valence electrons. The number of amides is 1. The molecule has 0 aliphatic rings. The molecule has 25 heavy (non-hydrogen) atoms. The second kappa shape index (κ2) is 6.99. The van der Waals surface area contributed by atoms with Crippen molar-refractivity contribution in [1.29, 1.82) is 0 Å². The van der Waals surface area contributed by atoms with Crippen LogP contribution in [0.25, 0.3) is 11.0 Å². The number of carbonyl (C=O) groups excluding carboxylic acids is 1. The molecule has 2 aromatic heterocycles. The third-order valence-corrected chi connectivity index (χ3v) is 4.49. The maximum absolute atomic E-state index is 12.6. The highest BCUT2D eigenvalue weighted by Crippen LogP contribution is 2.23. The Hall–Kier alpha value is -2.79. The van der Waals surface area contributed by atoms with Crippen molar-refractivity contribution in [1.82, 2.24) is 9.97 Å². The summed E-state index contributed by atoms with van der Waals surface area (Å²) in [6.45, 7) is 6.07. The maximum Gasteiger partial charge on any atom is 0.259 e. The largest absolute Gasteiger partial charge is 0.367 e. The van der Waals surface area contributed by atoms with E-state index in [0.717, 1.165) is 27.8 Å². The van der Waals surface area contributed by atoms with E-state index in [9.17, 15) is 4.79 Å². The first-order chi connectivity index (χ1) is 12.0. The first-order valence-electron chi connectivity index (χ1n) is 8.14. The lowest BCUT2D eigenvalue weighted by atomic mass is 10.1. The van der Waals surface area contributed by atoms with E-state index >= 15 is 0 Å². The fourth-order valence-corrected chi connectivity index (χ4v) is 2.83. The summed E-state index contributed by atoms with van der Waals surface area (Å²) in [5.74, 6) is 0.201. The summed E-state index contributed by atoms with van der Waals surface area (Å²) in [6, 6.07) is 13.1. The summed E-state index contributed by atoms with van der Waals surface area (Å²) in [4.78, 5) is 21.6. The van der Waals surface area contributed by atoms with Crippen LogP contribution in [0.4, 0.5) is 5.82 Å². The number of aryl methyl sites for hydroxylation is 2. The van der Waals surface area contributed by atoms with Crippen molar-refractivity contribution < 1.29 is 9.53 Å². The number of carbonyl (C=O) groups is 1. The molecule has 1 aromatic carbocycles. The van der Waals surface area contributed by atoms with Crippen LogP contribution >= 0.6 is 0 Å². The van der Waals surface area contributed by atoms with E-state index in [1.807, 2.05) is 43.3 Å². The molecule has 2 heterocycles. The van der Waals surface area contributed by atoms with Gasteiger partial charge in [-0.25, -0.2) is 9.97 Å². The number of hydrogen-bond acceptors (Lipinski definition) is 4. The molecule has 0 aliphatic carbocycles. The molecule has 1 unspecified atom stereocenters. The van der Waals surface area contributed by atoms with Gasteiger partial charge < -0.3 is 10.1 Å². The zero-order chi connectivity index (χ0) is 18.0. The molecule has 3 rings (SSSR count). The van der Waals surface area contributed by atoms with Gasteiger partial charge in [-0.1, -0.05) is 30.3 Å². The molecule has 1 amide bonds. The summed E-state index contributed by atoms with van der Waals surface area (Å²) in [6.07, 6.45) is -0.687. The Labute approximate surface area is 147 Å². The summed E-state index contributed by atoms with van der Waals surface area (Å²) >= 11 is 0. The second-order valence-electron chi connectivity index (χ2n) is 6.03. The maximum atomic E-state index is 12.6. The van der Waals surface area contributed by atoms with Crippen LogP contribution in [0.1, 0.15) is 28.5 Å². The van der Waals surface area contributed by atoms with Crippen molar-refractivity contribution in [2.24, 2.45) is 0 Å². The van der Waals surface area contributed by atoms with E-state index in [1.54, 1.807) is 6.07 Å². The van der Waals surface area contributed by atoms with E-state index < -0.39 is 6.10 Å². The van der Waals surface area contributed by atoms with Gasteiger partial charge in [0, 0.05) is 18.2 Å². The normalized spacial score (nSPS) is 12.2. The topological polar surface area (TPSA) is 64.1 Å². The van der Waals surface area contributed by atoms with Crippen molar-refractivity contribution >= 4 is 22.8 Å². The Morgan fingerprint density at radius 1 is 1.00 bits per heavy atom. The highest BCUT2D eigenvalue weighted by molar-refractivity contribution is 5.95. The fraction of sp³-hybridized carbons (Fsp3) is 0.250. The zero-order valence-corrected chi connectivity index (χ0v) is 14.8. The van der Waals surface area contributed by atoms with E-state index in [0.29, 0.717) is 11.5 Å². The van der Waals surface area contributed by atoms with Crippen LogP contribution in [0.15, 0.2) is 42.5 Å². The molecular formula is C20H21N3O2. The zero-order valence-electron chi connectivity index (χ0n) is 14.8. The molecular weight excluding hydrogens is 314 g/mol. The van der Waals surface area contributed by atoms with E-state index in [2.05, 4.69) is 29.1 Å². The molecule has 1 N–H and O–H groups in total. The number of benzene rings is 1. The number of ether oxygens (including phenoxy) is 1. The van der Waals surface area contributed by atoms with E-state index in [-0.39, 0.29) is 5.91 Å². The summed E-state index contributed by atoms with van der Waals surface area (Å²) in [5, 5.41) is 3.82.